The van der Waals surface area contributed by atoms with Crippen molar-refractivity contribution in [2.45, 2.75) is 64.2 Å². The molecule has 0 saturated heterocycles. The number of ether oxygens (including phenoxy) is 1. The molecule has 0 amide bonds. The van der Waals surface area contributed by atoms with E-state index >= 15 is 4.39 Å². The number of benzene rings is 3. The minimum atomic E-state index is -0.996. The third-order valence-corrected chi connectivity index (χ3v) is 8.91. The second kappa shape index (κ2) is 11.8. The van der Waals surface area contributed by atoms with E-state index in [1.807, 2.05) is 6.07 Å². The first kappa shape index (κ1) is 26.6. The fourth-order valence-electron chi connectivity index (χ4n) is 6.65. The molecule has 38 heavy (non-hydrogen) atoms. The molecule has 1 nitrogen and oxygen atoms in total. The van der Waals surface area contributed by atoms with Crippen LogP contribution >= 0.6 is 0 Å². The van der Waals surface area contributed by atoms with Gasteiger partial charge in [0.2, 0.25) is 5.82 Å². The van der Waals surface area contributed by atoms with Crippen LogP contribution in [0.2, 0.25) is 0 Å². The van der Waals surface area contributed by atoms with Gasteiger partial charge >= 0.3 is 0 Å². The molecule has 0 aromatic heterocycles. The Hall–Kier alpha value is -3.01. The zero-order valence-electron chi connectivity index (χ0n) is 22.2. The normalized spacial score (nSPS) is 23.7. The first-order chi connectivity index (χ1) is 18.5. The van der Waals surface area contributed by atoms with Crippen molar-refractivity contribution in [3.8, 4) is 28.0 Å². The Bertz CT molecular complexity index is 1250. The van der Waals surface area contributed by atoms with E-state index in [1.54, 1.807) is 37.3 Å². The maximum Gasteiger partial charge on any atom is 0.201 e. The second-order valence-electron chi connectivity index (χ2n) is 11.0. The zero-order chi connectivity index (χ0) is 26.6. The molecule has 3 aromatic carbocycles. The Labute approximate surface area is 224 Å². The molecule has 2 saturated carbocycles. The van der Waals surface area contributed by atoms with Crippen molar-refractivity contribution in [2.75, 3.05) is 6.61 Å². The van der Waals surface area contributed by atoms with E-state index in [0.717, 1.165) is 30.2 Å². The third-order valence-electron chi connectivity index (χ3n) is 8.91. The zero-order valence-corrected chi connectivity index (χ0v) is 22.2. The Morgan fingerprint density at radius 3 is 1.89 bits per heavy atom. The maximum atomic E-state index is 15.3. The van der Waals surface area contributed by atoms with E-state index in [1.165, 1.54) is 50.7 Å². The van der Waals surface area contributed by atoms with Gasteiger partial charge in [-0.25, -0.2) is 8.78 Å². The summed E-state index contributed by atoms with van der Waals surface area (Å²) in [5.41, 5.74) is 3.00. The van der Waals surface area contributed by atoms with Crippen molar-refractivity contribution in [3.63, 3.8) is 0 Å². The van der Waals surface area contributed by atoms with Gasteiger partial charge in [0.15, 0.2) is 11.6 Å². The Balaban J connectivity index is 1.24. The Kier molecular flexibility index (Phi) is 8.26. The first-order valence-electron chi connectivity index (χ1n) is 14.1. The highest BCUT2D eigenvalue weighted by molar-refractivity contribution is 5.71. The van der Waals surface area contributed by atoms with Crippen molar-refractivity contribution >= 4 is 0 Å². The van der Waals surface area contributed by atoms with Gasteiger partial charge in [0.05, 0.1) is 6.61 Å². The van der Waals surface area contributed by atoms with Crippen molar-refractivity contribution in [3.05, 3.63) is 90.3 Å². The highest BCUT2D eigenvalue weighted by Gasteiger charge is 2.31. The van der Waals surface area contributed by atoms with E-state index in [4.69, 9.17) is 4.74 Å². The van der Waals surface area contributed by atoms with Crippen molar-refractivity contribution in [2.24, 2.45) is 17.8 Å². The predicted molar refractivity (Wildman–Crippen MR) is 149 cm³/mol. The first-order valence-corrected chi connectivity index (χ1v) is 14.1. The average Bonchev–Trinajstić information content (AvgIpc) is 2.96. The minimum absolute atomic E-state index is 0.100. The summed E-state index contributed by atoms with van der Waals surface area (Å²) >= 11 is 0. The molecule has 2 fully saturated rings. The largest absolute Gasteiger partial charge is 0.491 e. The monoisotopic (exact) mass is 518 g/mol. The van der Waals surface area contributed by atoms with Crippen LogP contribution in [-0.2, 0) is 0 Å². The summed E-state index contributed by atoms with van der Waals surface area (Å²) in [6.45, 7) is 5.94. The Morgan fingerprint density at radius 1 is 0.737 bits per heavy atom. The topological polar surface area (TPSA) is 9.23 Å². The molecule has 200 valence electrons. The van der Waals surface area contributed by atoms with Gasteiger partial charge in [-0.15, -0.1) is 6.58 Å². The van der Waals surface area contributed by atoms with E-state index in [0.29, 0.717) is 28.5 Å². The van der Waals surface area contributed by atoms with Crippen LogP contribution < -0.4 is 4.74 Å². The van der Waals surface area contributed by atoms with E-state index in [-0.39, 0.29) is 23.7 Å². The molecule has 5 rings (SSSR count). The van der Waals surface area contributed by atoms with Crippen LogP contribution in [-0.4, -0.2) is 6.61 Å². The summed E-state index contributed by atoms with van der Waals surface area (Å²) in [7, 11) is 0. The van der Waals surface area contributed by atoms with Crippen LogP contribution in [0.25, 0.3) is 22.3 Å². The maximum absolute atomic E-state index is 15.3. The van der Waals surface area contributed by atoms with Gasteiger partial charge in [0.25, 0.3) is 0 Å². The number of allylic oxidation sites excluding steroid dienone is 1. The van der Waals surface area contributed by atoms with Gasteiger partial charge < -0.3 is 4.74 Å². The molecule has 0 heterocycles. The van der Waals surface area contributed by atoms with Gasteiger partial charge in [-0.1, -0.05) is 42.5 Å². The molecule has 0 unspecified atom stereocenters. The number of halogens is 3. The van der Waals surface area contributed by atoms with Crippen LogP contribution in [0.1, 0.15) is 69.8 Å². The predicted octanol–water partition coefficient (Wildman–Crippen LogP) is 10.1. The summed E-state index contributed by atoms with van der Waals surface area (Å²) in [5, 5.41) is 0. The van der Waals surface area contributed by atoms with Crippen LogP contribution in [0.15, 0.2) is 67.3 Å². The highest BCUT2D eigenvalue weighted by Crippen LogP contribution is 2.44. The summed E-state index contributed by atoms with van der Waals surface area (Å²) in [6, 6.07) is 15.5. The highest BCUT2D eigenvalue weighted by atomic mass is 19.2. The standard InChI is InChI=1S/C34H37F3O/c1-3-22-5-7-23(8-6-22)24-9-11-25(12-10-24)28-17-18-29(31(35)21-28)26-13-15-27(16-14-26)30-19-20-32(38-4-2)34(37)33(30)36/h3,13-25H,1,4-12H2,2H3. The third kappa shape index (κ3) is 5.55. The van der Waals surface area contributed by atoms with Crippen molar-refractivity contribution < 1.29 is 17.9 Å². The SMILES string of the molecule is C=CC1CCC(C2CCC(c3ccc(-c4ccc(-c5ccc(OCC)c(F)c5F)cc4)c(F)c3)CC2)CC1. The van der Waals surface area contributed by atoms with Crippen molar-refractivity contribution in [1.82, 2.24) is 0 Å². The molecule has 4 heteroatoms. The summed E-state index contributed by atoms with van der Waals surface area (Å²) < 4.78 is 49.3. The molecule has 0 N–H and O–H groups in total. The molecule has 0 atom stereocenters. The number of rotatable bonds is 7. The Morgan fingerprint density at radius 2 is 1.32 bits per heavy atom. The fourth-order valence-corrected chi connectivity index (χ4v) is 6.65. The lowest BCUT2D eigenvalue weighted by Crippen LogP contribution is -2.25. The van der Waals surface area contributed by atoms with E-state index < -0.39 is 11.6 Å². The lowest BCUT2D eigenvalue weighted by Gasteiger charge is -2.37. The average molecular weight is 519 g/mol. The summed E-state index contributed by atoms with van der Waals surface area (Å²) in [4.78, 5) is 0. The van der Waals surface area contributed by atoms with E-state index in [2.05, 4.69) is 18.7 Å². The summed E-state index contributed by atoms with van der Waals surface area (Å²) in [6.07, 6.45) is 12.1. The molecule has 0 aliphatic heterocycles. The molecular weight excluding hydrogens is 481 g/mol. The smallest absolute Gasteiger partial charge is 0.201 e. The number of hydrogen-bond donors (Lipinski definition) is 0. The second-order valence-corrected chi connectivity index (χ2v) is 11.0. The van der Waals surface area contributed by atoms with Gasteiger partial charge in [0, 0.05) is 11.1 Å². The minimum Gasteiger partial charge on any atom is -0.491 e. The van der Waals surface area contributed by atoms with Crippen molar-refractivity contribution in [1.29, 1.82) is 0 Å². The van der Waals surface area contributed by atoms with E-state index in [9.17, 15) is 8.78 Å². The van der Waals surface area contributed by atoms with Gasteiger partial charge in [-0.05, 0) is 117 Å². The van der Waals surface area contributed by atoms with Crippen LogP contribution in [0, 0.1) is 35.2 Å². The molecule has 3 aromatic rings. The molecular formula is C34H37F3O. The molecule has 0 spiro atoms. The lowest BCUT2D eigenvalue weighted by atomic mass is 9.68. The quantitative estimate of drug-likeness (QED) is 0.283. The van der Waals surface area contributed by atoms with Gasteiger partial charge in [-0.3, -0.25) is 0 Å². The van der Waals surface area contributed by atoms with Crippen LogP contribution in [0.5, 0.6) is 5.75 Å². The lowest BCUT2D eigenvalue weighted by molar-refractivity contribution is 0.171. The summed E-state index contributed by atoms with van der Waals surface area (Å²) in [5.74, 6) is 0.503. The fraction of sp³-hybridized carbons (Fsp3) is 0.412. The van der Waals surface area contributed by atoms with Gasteiger partial charge in [-0.2, -0.15) is 4.39 Å². The molecule has 0 radical (unpaired) electrons. The molecule has 2 aliphatic rings. The van der Waals surface area contributed by atoms with Crippen LogP contribution in [0.3, 0.4) is 0 Å². The van der Waals surface area contributed by atoms with Crippen LogP contribution in [0.4, 0.5) is 13.2 Å². The van der Waals surface area contributed by atoms with Gasteiger partial charge in [0.1, 0.15) is 5.82 Å². The molecule has 0 bridgehead atoms. The number of hydrogen-bond acceptors (Lipinski definition) is 1. The molecule has 2 aliphatic carbocycles.